The van der Waals surface area contributed by atoms with Crippen LogP contribution in [0.4, 0.5) is 0 Å². The minimum Gasteiger partial charge on any atom is -0.358 e. The molecule has 0 spiro atoms. The van der Waals surface area contributed by atoms with Crippen molar-refractivity contribution in [3.8, 4) is 28.3 Å². The van der Waals surface area contributed by atoms with Crippen LogP contribution >= 0.6 is 11.6 Å². The molecule has 0 saturated carbocycles. The van der Waals surface area contributed by atoms with Crippen LogP contribution in [0.15, 0.2) is 60.9 Å². The molecule has 0 amide bonds. The normalized spacial score (nSPS) is 11.2. The Morgan fingerprint density at radius 3 is 2.63 bits per heavy atom. The number of fused-ring (bicyclic) bond motifs is 1. The number of hydrogen-bond acceptors (Lipinski definition) is 3. The summed E-state index contributed by atoms with van der Waals surface area (Å²) in [6.07, 6.45) is 5.71. The Labute approximate surface area is 181 Å². The van der Waals surface area contributed by atoms with Crippen molar-refractivity contribution in [1.82, 2.24) is 14.9 Å². The van der Waals surface area contributed by atoms with E-state index in [1.54, 1.807) is 0 Å². The van der Waals surface area contributed by atoms with Crippen molar-refractivity contribution in [1.29, 1.82) is 5.26 Å². The first-order chi connectivity index (χ1) is 14.5. The van der Waals surface area contributed by atoms with Gasteiger partial charge in [-0.05, 0) is 75.4 Å². The number of aromatic nitrogens is 2. The Kier molecular flexibility index (Phi) is 5.85. The van der Waals surface area contributed by atoms with Crippen molar-refractivity contribution < 1.29 is 0 Å². The number of nitrogens with zero attached hydrogens (tertiary/aromatic N) is 3. The molecule has 0 aliphatic heterocycles. The molecule has 0 saturated heterocycles. The molecule has 0 aliphatic carbocycles. The molecular weight excluding hydrogens is 392 g/mol. The molecule has 0 aliphatic rings. The summed E-state index contributed by atoms with van der Waals surface area (Å²) in [5.74, 6) is 0. The molecule has 5 heteroatoms. The van der Waals surface area contributed by atoms with Gasteiger partial charge >= 0.3 is 0 Å². The first-order valence-corrected chi connectivity index (χ1v) is 10.3. The van der Waals surface area contributed by atoms with E-state index in [1.165, 1.54) is 5.69 Å². The highest BCUT2D eigenvalue weighted by atomic mass is 35.5. The Hall–Kier alpha value is -3.13. The van der Waals surface area contributed by atoms with Gasteiger partial charge in [-0.2, -0.15) is 5.26 Å². The minimum atomic E-state index is 0.654. The summed E-state index contributed by atoms with van der Waals surface area (Å²) in [6, 6.07) is 18.0. The molecule has 30 heavy (non-hydrogen) atoms. The van der Waals surface area contributed by atoms with E-state index in [0.717, 1.165) is 52.5 Å². The van der Waals surface area contributed by atoms with Gasteiger partial charge in [-0.3, -0.25) is 4.98 Å². The third kappa shape index (κ3) is 4.23. The van der Waals surface area contributed by atoms with E-state index in [9.17, 15) is 5.26 Å². The minimum absolute atomic E-state index is 0.654. The van der Waals surface area contributed by atoms with Gasteiger partial charge in [0, 0.05) is 50.7 Å². The molecule has 150 valence electrons. The first-order valence-electron chi connectivity index (χ1n) is 9.96. The predicted octanol–water partition coefficient (Wildman–Crippen LogP) is 5.92. The number of H-pyrrole nitrogens is 1. The second-order valence-electron chi connectivity index (χ2n) is 7.73. The SMILES string of the molecule is CN(C)CCCc1[nH]c2ccc(C#N)cc2c1-c1cncc(-c2cccc(Cl)c2)c1. The van der Waals surface area contributed by atoms with Gasteiger partial charge in [-0.15, -0.1) is 0 Å². The average Bonchev–Trinajstić information content (AvgIpc) is 3.10. The van der Waals surface area contributed by atoms with Crippen molar-refractivity contribution in [2.24, 2.45) is 0 Å². The van der Waals surface area contributed by atoms with Gasteiger partial charge < -0.3 is 9.88 Å². The number of rotatable bonds is 6. The van der Waals surface area contributed by atoms with Gasteiger partial charge in [0.2, 0.25) is 0 Å². The molecule has 0 radical (unpaired) electrons. The van der Waals surface area contributed by atoms with Crippen molar-refractivity contribution in [2.45, 2.75) is 12.8 Å². The number of halogens is 1. The van der Waals surface area contributed by atoms with Crippen LogP contribution in [0.25, 0.3) is 33.2 Å². The van der Waals surface area contributed by atoms with E-state index in [-0.39, 0.29) is 0 Å². The third-order valence-corrected chi connectivity index (χ3v) is 5.46. The molecule has 2 aromatic carbocycles. The fourth-order valence-electron chi connectivity index (χ4n) is 3.81. The quantitative estimate of drug-likeness (QED) is 0.426. The maximum Gasteiger partial charge on any atom is 0.0991 e. The summed E-state index contributed by atoms with van der Waals surface area (Å²) in [7, 11) is 4.17. The standard InChI is InChI=1S/C25H23ClN4/c1-30(2)10-4-7-24-25(22-11-17(14-27)8-9-23(22)29-24)20-12-19(15-28-16-20)18-5-3-6-21(26)13-18/h3,5-6,8-9,11-13,15-16,29H,4,7,10H2,1-2H3. The van der Waals surface area contributed by atoms with Crippen LogP contribution in [0.3, 0.4) is 0 Å². The molecular formula is C25H23ClN4. The average molecular weight is 415 g/mol. The van der Waals surface area contributed by atoms with Gasteiger partial charge in [0.05, 0.1) is 11.6 Å². The van der Waals surface area contributed by atoms with E-state index in [0.29, 0.717) is 10.6 Å². The highest BCUT2D eigenvalue weighted by Gasteiger charge is 2.15. The highest BCUT2D eigenvalue weighted by Crippen LogP contribution is 2.35. The number of pyridine rings is 1. The van der Waals surface area contributed by atoms with Crippen LogP contribution < -0.4 is 0 Å². The monoisotopic (exact) mass is 414 g/mol. The topological polar surface area (TPSA) is 55.7 Å². The number of hydrogen-bond donors (Lipinski definition) is 1. The molecule has 1 N–H and O–H groups in total. The van der Waals surface area contributed by atoms with Gasteiger partial charge in [-0.1, -0.05) is 23.7 Å². The molecule has 4 aromatic rings. The maximum atomic E-state index is 9.40. The summed E-state index contributed by atoms with van der Waals surface area (Å²) < 4.78 is 0. The molecule has 0 unspecified atom stereocenters. The number of aryl methyl sites for hydroxylation is 1. The lowest BCUT2D eigenvalue weighted by Crippen LogP contribution is -2.13. The van der Waals surface area contributed by atoms with Crippen LogP contribution in [-0.4, -0.2) is 35.5 Å². The van der Waals surface area contributed by atoms with Gasteiger partial charge in [-0.25, -0.2) is 0 Å². The summed E-state index contributed by atoms with van der Waals surface area (Å²) >= 11 is 6.19. The molecule has 0 bridgehead atoms. The van der Waals surface area contributed by atoms with Crippen molar-refractivity contribution in [3.63, 3.8) is 0 Å². The van der Waals surface area contributed by atoms with E-state index in [4.69, 9.17) is 11.6 Å². The van der Waals surface area contributed by atoms with Gasteiger partial charge in [0.15, 0.2) is 0 Å². The van der Waals surface area contributed by atoms with Crippen LogP contribution in [0.1, 0.15) is 17.7 Å². The number of nitrogens with one attached hydrogen (secondary N) is 1. The Balaban J connectivity index is 1.84. The van der Waals surface area contributed by atoms with E-state index in [1.807, 2.05) is 54.9 Å². The lowest BCUT2D eigenvalue weighted by atomic mass is 9.97. The van der Waals surface area contributed by atoms with E-state index < -0.39 is 0 Å². The van der Waals surface area contributed by atoms with E-state index >= 15 is 0 Å². The summed E-state index contributed by atoms with van der Waals surface area (Å²) in [4.78, 5) is 10.3. The highest BCUT2D eigenvalue weighted by molar-refractivity contribution is 6.30. The third-order valence-electron chi connectivity index (χ3n) is 5.22. The fourth-order valence-corrected chi connectivity index (χ4v) is 4.00. The Morgan fingerprint density at radius 2 is 1.87 bits per heavy atom. The van der Waals surface area contributed by atoms with E-state index in [2.05, 4.69) is 41.1 Å². The number of aromatic amines is 1. The predicted molar refractivity (Wildman–Crippen MR) is 124 cm³/mol. The first kappa shape index (κ1) is 20.2. The fraction of sp³-hybridized carbons (Fsp3) is 0.200. The molecule has 2 heterocycles. The zero-order valence-corrected chi connectivity index (χ0v) is 17.9. The summed E-state index contributed by atoms with van der Waals surface area (Å²) in [5, 5.41) is 11.2. The largest absolute Gasteiger partial charge is 0.358 e. The van der Waals surface area contributed by atoms with Crippen molar-refractivity contribution in [3.05, 3.63) is 77.2 Å². The molecule has 0 atom stereocenters. The number of nitriles is 1. The lowest BCUT2D eigenvalue weighted by molar-refractivity contribution is 0.400. The van der Waals surface area contributed by atoms with Crippen LogP contribution in [-0.2, 0) is 6.42 Å². The number of benzene rings is 2. The van der Waals surface area contributed by atoms with Crippen LogP contribution in [0.5, 0.6) is 0 Å². The zero-order chi connectivity index (χ0) is 21.1. The summed E-state index contributed by atoms with van der Waals surface area (Å²) in [6.45, 7) is 1.01. The van der Waals surface area contributed by atoms with Crippen LogP contribution in [0.2, 0.25) is 5.02 Å². The maximum absolute atomic E-state index is 9.40. The molecule has 0 fully saturated rings. The summed E-state index contributed by atoms with van der Waals surface area (Å²) in [5.41, 5.74) is 7.07. The molecule has 2 aromatic heterocycles. The van der Waals surface area contributed by atoms with Gasteiger partial charge in [0.25, 0.3) is 0 Å². The van der Waals surface area contributed by atoms with Crippen molar-refractivity contribution in [2.75, 3.05) is 20.6 Å². The van der Waals surface area contributed by atoms with Crippen molar-refractivity contribution >= 4 is 22.5 Å². The second-order valence-corrected chi connectivity index (χ2v) is 8.17. The lowest BCUT2D eigenvalue weighted by Gasteiger charge is -2.10. The smallest absolute Gasteiger partial charge is 0.0991 e. The Bertz CT molecular complexity index is 1230. The Morgan fingerprint density at radius 1 is 1.03 bits per heavy atom. The molecule has 4 nitrogen and oxygen atoms in total. The van der Waals surface area contributed by atoms with Crippen LogP contribution in [0, 0.1) is 11.3 Å². The molecule has 4 rings (SSSR count). The zero-order valence-electron chi connectivity index (χ0n) is 17.1. The second kappa shape index (κ2) is 8.71. The van der Waals surface area contributed by atoms with Gasteiger partial charge in [0.1, 0.15) is 0 Å².